The van der Waals surface area contributed by atoms with Gasteiger partial charge in [0.1, 0.15) is 0 Å². The van der Waals surface area contributed by atoms with Crippen LogP contribution in [0, 0.1) is 5.92 Å². The third-order valence-corrected chi connectivity index (χ3v) is 4.54. The second kappa shape index (κ2) is 8.40. The highest BCUT2D eigenvalue weighted by Gasteiger charge is 2.19. The van der Waals surface area contributed by atoms with Gasteiger partial charge in [0, 0.05) is 38.5 Å². The molecule has 1 N–H and O–H groups in total. The summed E-state index contributed by atoms with van der Waals surface area (Å²) in [4.78, 5) is 2.50. The van der Waals surface area contributed by atoms with Gasteiger partial charge in [0.25, 0.3) is 0 Å². The zero-order valence-corrected chi connectivity index (χ0v) is 13.8. The topological polar surface area (TPSA) is 24.5 Å². The average molecular weight is 290 g/mol. The Morgan fingerprint density at radius 1 is 1.19 bits per heavy atom. The quantitative estimate of drug-likeness (QED) is 0.830. The van der Waals surface area contributed by atoms with Gasteiger partial charge in [-0.05, 0) is 49.4 Å². The summed E-state index contributed by atoms with van der Waals surface area (Å²) in [7, 11) is 1.81. The summed E-state index contributed by atoms with van der Waals surface area (Å²) in [6.45, 7) is 8.64. The first-order valence-corrected chi connectivity index (χ1v) is 8.35. The number of hydrogen-bond acceptors (Lipinski definition) is 3. The van der Waals surface area contributed by atoms with Crippen LogP contribution in [0.3, 0.4) is 0 Å². The molecule has 1 fully saturated rings. The molecule has 0 radical (unpaired) electrons. The summed E-state index contributed by atoms with van der Waals surface area (Å²) in [5.74, 6) is 0.740. The molecule has 0 spiro atoms. The van der Waals surface area contributed by atoms with E-state index >= 15 is 0 Å². The molecule has 3 nitrogen and oxygen atoms in total. The molecule has 0 bridgehead atoms. The van der Waals surface area contributed by atoms with Crippen LogP contribution in [0.25, 0.3) is 0 Å². The molecule has 1 saturated heterocycles. The molecule has 1 unspecified atom stereocenters. The molecule has 1 aromatic rings. The van der Waals surface area contributed by atoms with Crippen molar-refractivity contribution in [3.05, 3.63) is 29.8 Å². The summed E-state index contributed by atoms with van der Waals surface area (Å²) < 4.78 is 5.27. The highest BCUT2D eigenvalue weighted by Crippen LogP contribution is 2.25. The molecule has 1 aliphatic rings. The van der Waals surface area contributed by atoms with Gasteiger partial charge in [-0.25, -0.2) is 0 Å². The van der Waals surface area contributed by atoms with E-state index in [1.807, 2.05) is 0 Å². The molecule has 2 rings (SSSR count). The van der Waals surface area contributed by atoms with Crippen molar-refractivity contribution in [1.82, 2.24) is 5.32 Å². The molecule has 0 aromatic heterocycles. The van der Waals surface area contributed by atoms with E-state index in [1.165, 1.54) is 24.1 Å². The Morgan fingerprint density at radius 2 is 1.86 bits per heavy atom. The number of hydrogen-bond donors (Lipinski definition) is 1. The number of benzene rings is 1. The Labute approximate surface area is 129 Å². The number of ether oxygens (including phenoxy) is 1. The van der Waals surface area contributed by atoms with Crippen LogP contribution in [0.5, 0.6) is 0 Å². The first kappa shape index (κ1) is 16.3. The van der Waals surface area contributed by atoms with Crippen molar-refractivity contribution in [2.75, 3.05) is 38.3 Å². The Bertz CT molecular complexity index is 396. The highest BCUT2D eigenvalue weighted by atomic mass is 16.5. The van der Waals surface area contributed by atoms with Gasteiger partial charge in [0.05, 0.1) is 0 Å². The molecule has 21 heavy (non-hydrogen) atoms. The minimum atomic E-state index is 0.483. The summed E-state index contributed by atoms with van der Waals surface area (Å²) in [5.41, 5.74) is 2.76. The largest absolute Gasteiger partial charge is 0.384 e. The predicted molar refractivity (Wildman–Crippen MR) is 90.0 cm³/mol. The van der Waals surface area contributed by atoms with Crippen LogP contribution < -0.4 is 10.2 Å². The molecular formula is C18H30N2O. The Kier molecular flexibility index (Phi) is 6.52. The van der Waals surface area contributed by atoms with Crippen LogP contribution in [0.1, 0.15) is 44.7 Å². The van der Waals surface area contributed by atoms with Crippen molar-refractivity contribution in [3.63, 3.8) is 0 Å². The first-order chi connectivity index (χ1) is 10.3. The van der Waals surface area contributed by atoms with Crippen LogP contribution in [-0.2, 0) is 4.74 Å². The monoisotopic (exact) mass is 290 g/mol. The molecule has 0 amide bonds. The molecule has 118 valence electrons. The van der Waals surface area contributed by atoms with Gasteiger partial charge in [-0.1, -0.05) is 26.0 Å². The number of methoxy groups -OCH3 is 1. The second-order valence-electron chi connectivity index (χ2n) is 6.00. The standard InChI is InChI=1S/C18H30N2O/c1-4-18(19-5-2)16-6-8-17(9-7-16)20-12-10-15(11-13-20)14-21-3/h6-9,15,18-19H,4-5,10-14H2,1-3H3. The average Bonchev–Trinajstić information content (AvgIpc) is 2.54. The van der Waals surface area contributed by atoms with Crippen LogP contribution in [0.15, 0.2) is 24.3 Å². The molecule has 1 aromatic carbocycles. The maximum atomic E-state index is 5.27. The summed E-state index contributed by atoms with van der Waals surface area (Å²) in [6.07, 6.45) is 3.62. The number of anilines is 1. The Hall–Kier alpha value is -1.06. The van der Waals surface area contributed by atoms with Crippen LogP contribution in [-0.4, -0.2) is 33.4 Å². The molecule has 1 heterocycles. The van der Waals surface area contributed by atoms with Gasteiger partial charge < -0.3 is 15.0 Å². The number of rotatable bonds is 7. The van der Waals surface area contributed by atoms with Gasteiger partial charge in [0.15, 0.2) is 0 Å². The van der Waals surface area contributed by atoms with E-state index in [4.69, 9.17) is 4.74 Å². The zero-order chi connectivity index (χ0) is 15.1. The molecule has 1 aliphatic heterocycles. The van der Waals surface area contributed by atoms with Crippen molar-refractivity contribution in [2.45, 2.75) is 39.2 Å². The summed E-state index contributed by atoms with van der Waals surface area (Å²) in [6, 6.07) is 9.62. The van der Waals surface area contributed by atoms with E-state index in [0.29, 0.717) is 6.04 Å². The second-order valence-corrected chi connectivity index (χ2v) is 6.00. The maximum absolute atomic E-state index is 5.27. The molecule has 0 saturated carbocycles. The predicted octanol–water partition coefficient (Wildman–Crippen LogP) is 3.61. The molecule has 3 heteroatoms. The lowest BCUT2D eigenvalue weighted by Gasteiger charge is -2.33. The van der Waals surface area contributed by atoms with E-state index in [9.17, 15) is 0 Å². The van der Waals surface area contributed by atoms with Crippen molar-refractivity contribution in [3.8, 4) is 0 Å². The summed E-state index contributed by atoms with van der Waals surface area (Å²) in [5, 5.41) is 3.54. The van der Waals surface area contributed by atoms with Crippen molar-refractivity contribution < 1.29 is 4.74 Å². The van der Waals surface area contributed by atoms with Gasteiger partial charge in [0.2, 0.25) is 0 Å². The normalized spacial score (nSPS) is 18.0. The smallest absolute Gasteiger partial charge is 0.0491 e. The fourth-order valence-electron chi connectivity index (χ4n) is 3.26. The highest BCUT2D eigenvalue weighted by molar-refractivity contribution is 5.48. The van der Waals surface area contributed by atoms with Gasteiger partial charge in [-0.2, -0.15) is 0 Å². The van der Waals surface area contributed by atoms with Crippen LogP contribution in [0.2, 0.25) is 0 Å². The number of piperidine rings is 1. The minimum absolute atomic E-state index is 0.483. The Balaban J connectivity index is 1.93. The molecular weight excluding hydrogens is 260 g/mol. The number of nitrogens with one attached hydrogen (secondary N) is 1. The third-order valence-electron chi connectivity index (χ3n) is 4.54. The van der Waals surface area contributed by atoms with Crippen molar-refractivity contribution >= 4 is 5.69 Å². The lowest BCUT2D eigenvalue weighted by Crippen LogP contribution is -2.35. The third kappa shape index (κ3) is 4.45. The van der Waals surface area contributed by atoms with Gasteiger partial charge in [-0.15, -0.1) is 0 Å². The Morgan fingerprint density at radius 3 is 2.38 bits per heavy atom. The fourth-order valence-corrected chi connectivity index (χ4v) is 3.26. The van der Waals surface area contributed by atoms with E-state index in [-0.39, 0.29) is 0 Å². The van der Waals surface area contributed by atoms with Gasteiger partial charge >= 0.3 is 0 Å². The van der Waals surface area contributed by atoms with Crippen molar-refractivity contribution in [1.29, 1.82) is 0 Å². The van der Waals surface area contributed by atoms with Gasteiger partial charge in [-0.3, -0.25) is 0 Å². The molecule has 0 aliphatic carbocycles. The summed E-state index contributed by atoms with van der Waals surface area (Å²) >= 11 is 0. The number of nitrogens with zero attached hydrogens (tertiary/aromatic N) is 1. The van der Waals surface area contributed by atoms with E-state index < -0.39 is 0 Å². The maximum Gasteiger partial charge on any atom is 0.0491 e. The zero-order valence-electron chi connectivity index (χ0n) is 13.8. The van der Waals surface area contributed by atoms with Crippen molar-refractivity contribution in [2.24, 2.45) is 5.92 Å². The van der Waals surface area contributed by atoms with E-state index in [0.717, 1.165) is 38.6 Å². The van der Waals surface area contributed by atoms with E-state index in [1.54, 1.807) is 7.11 Å². The SMILES string of the molecule is CCNC(CC)c1ccc(N2CCC(COC)CC2)cc1. The lowest BCUT2D eigenvalue weighted by atomic mass is 9.97. The first-order valence-electron chi connectivity index (χ1n) is 8.35. The molecule has 1 atom stereocenters. The van der Waals surface area contributed by atoms with Crippen LogP contribution >= 0.6 is 0 Å². The van der Waals surface area contributed by atoms with E-state index in [2.05, 4.69) is 48.3 Å². The van der Waals surface area contributed by atoms with Crippen LogP contribution in [0.4, 0.5) is 5.69 Å². The lowest BCUT2D eigenvalue weighted by molar-refractivity contribution is 0.139. The fraction of sp³-hybridized carbons (Fsp3) is 0.667. The minimum Gasteiger partial charge on any atom is -0.384 e.